The molecule has 16 heteroatoms. The van der Waals surface area contributed by atoms with Crippen molar-refractivity contribution >= 4 is 29.3 Å². The second-order valence-corrected chi connectivity index (χ2v) is 11.2. The molecule has 2 atom stereocenters. The Hall–Kier alpha value is -4.11. The van der Waals surface area contributed by atoms with Crippen LogP contribution in [0.25, 0.3) is 0 Å². The first kappa shape index (κ1) is 33.8. The lowest BCUT2D eigenvalue weighted by Gasteiger charge is -2.40. The quantitative estimate of drug-likeness (QED) is 0.228. The molecule has 2 aromatic rings. The summed E-state index contributed by atoms with van der Waals surface area (Å²) in [7, 11) is 0. The fourth-order valence-corrected chi connectivity index (χ4v) is 5.33. The van der Waals surface area contributed by atoms with Crippen LogP contribution in [0.2, 0.25) is 0 Å². The van der Waals surface area contributed by atoms with Crippen LogP contribution in [0.5, 0.6) is 0 Å². The van der Waals surface area contributed by atoms with Crippen molar-refractivity contribution < 1.29 is 54.2 Å². The summed E-state index contributed by atoms with van der Waals surface area (Å²) in [5, 5.41) is 4.62. The van der Waals surface area contributed by atoms with E-state index in [9.17, 15) is 45.1 Å². The van der Waals surface area contributed by atoms with Crippen molar-refractivity contribution in [1.82, 2.24) is 10.2 Å². The predicted molar refractivity (Wildman–Crippen MR) is 145 cm³/mol. The predicted octanol–water partition coefficient (Wildman–Crippen LogP) is 5.98. The first-order valence-corrected chi connectivity index (χ1v) is 13.9. The van der Waals surface area contributed by atoms with E-state index in [2.05, 4.69) is 10.6 Å². The number of hydrogen-bond donors (Lipinski definition) is 3. The lowest BCUT2D eigenvalue weighted by atomic mass is 9.81. The van der Waals surface area contributed by atoms with Gasteiger partial charge in [-0.3, -0.25) is 9.59 Å². The van der Waals surface area contributed by atoms with Gasteiger partial charge in [-0.2, -0.15) is 13.2 Å². The molecule has 0 spiro atoms. The zero-order valence-corrected chi connectivity index (χ0v) is 23.6. The number of amides is 3. The Morgan fingerprint density at radius 3 is 2.18 bits per heavy atom. The van der Waals surface area contributed by atoms with Crippen molar-refractivity contribution in [3.05, 3.63) is 59.4 Å². The number of nitrogens with one attached hydrogen (secondary N) is 2. The number of benzene rings is 2. The van der Waals surface area contributed by atoms with Crippen molar-refractivity contribution in [1.29, 1.82) is 0 Å². The maximum absolute atomic E-state index is 15.4. The number of halogens is 8. The third kappa shape index (κ3) is 8.75. The van der Waals surface area contributed by atoms with Gasteiger partial charge in [-0.05, 0) is 30.4 Å². The Morgan fingerprint density at radius 2 is 1.60 bits per heavy atom. The summed E-state index contributed by atoms with van der Waals surface area (Å²) in [6, 6.07) is 8.74. The number of nitrogens with zero attached hydrogens (tertiary/aromatic N) is 1. The number of alkyl halides is 7. The maximum Gasteiger partial charge on any atom is 0.408 e. The van der Waals surface area contributed by atoms with Gasteiger partial charge in [0.15, 0.2) is 5.82 Å². The minimum Gasteiger partial charge on any atom is -0.445 e. The van der Waals surface area contributed by atoms with E-state index in [0.717, 1.165) is 12.1 Å². The molecule has 1 heterocycles. The minimum atomic E-state index is -4.98. The molecular formula is C29H30F8N4O4. The molecule has 1 aliphatic heterocycles. The molecule has 4 rings (SSSR count). The summed E-state index contributed by atoms with van der Waals surface area (Å²) < 4.78 is 115. The molecule has 3 amide bonds. The van der Waals surface area contributed by atoms with E-state index in [1.807, 2.05) is 0 Å². The smallest absolute Gasteiger partial charge is 0.408 e. The molecule has 0 bridgehead atoms. The summed E-state index contributed by atoms with van der Waals surface area (Å²) in [5.41, 5.74) is 4.29. The van der Waals surface area contributed by atoms with Crippen LogP contribution in [0, 0.1) is 11.7 Å². The summed E-state index contributed by atoms with van der Waals surface area (Å²) >= 11 is 0. The number of nitrogens with two attached hydrogens (primary N) is 1. The van der Waals surface area contributed by atoms with Gasteiger partial charge in [-0.25, -0.2) is 26.7 Å². The van der Waals surface area contributed by atoms with E-state index < -0.39 is 109 Å². The number of anilines is 2. The molecule has 246 valence electrons. The van der Waals surface area contributed by atoms with Crippen LogP contribution in [0.4, 0.5) is 51.3 Å². The molecule has 4 N–H and O–H groups in total. The molecule has 1 saturated carbocycles. The van der Waals surface area contributed by atoms with E-state index >= 15 is 4.39 Å². The van der Waals surface area contributed by atoms with Crippen LogP contribution in [0.15, 0.2) is 42.5 Å². The third-order valence-corrected chi connectivity index (χ3v) is 7.73. The van der Waals surface area contributed by atoms with E-state index in [0.29, 0.717) is 10.5 Å². The Kier molecular flexibility index (Phi) is 9.82. The summed E-state index contributed by atoms with van der Waals surface area (Å²) in [6.45, 7) is -2.42. The van der Waals surface area contributed by atoms with Crippen LogP contribution >= 0.6 is 0 Å². The summed E-state index contributed by atoms with van der Waals surface area (Å²) in [6.07, 6.45) is -9.34. The highest BCUT2D eigenvalue weighted by atomic mass is 19.4. The van der Waals surface area contributed by atoms with Crippen molar-refractivity contribution in [3.63, 3.8) is 0 Å². The number of hydrogen-bond acceptors (Lipinski definition) is 5. The lowest BCUT2D eigenvalue weighted by molar-refractivity contribution is -0.175. The van der Waals surface area contributed by atoms with E-state index in [1.54, 1.807) is 30.3 Å². The molecule has 8 nitrogen and oxygen atoms in total. The normalized spacial score (nSPS) is 19.2. The number of ether oxygens (including phenoxy) is 1. The van der Waals surface area contributed by atoms with Gasteiger partial charge in [-0.15, -0.1) is 0 Å². The van der Waals surface area contributed by atoms with Gasteiger partial charge in [0.05, 0.1) is 36.8 Å². The van der Waals surface area contributed by atoms with E-state index in [1.165, 1.54) is 0 Å². The van der Waals surface area contributed by atoms with Crippen LogP contribution in [-0.2, 0) is 20.9 Å². The first-order valence-electron chi connectivity index (χ1n) is 13.9. The number of nitrogen functional groups attached to an aromatic ring is 1. The monoisotopic (exact) mass is 650 g/mol. The van der Waals surface area contributed by atoms with E-state index in [4.69, 9.17) is 10.5 Å². The van der Waals surface area contributed by atoms with Gasteiger partial charge in [0.2, 0.25) is 17.7 Å². The second-order valence-electron chi connectivity index (χ2n) is 11.2. The average molecular weight is 651 g/mol. The molecule has 1 saturated heterocycles. The molecule has 1 unspecified atom stereocenters. The minimum absolute atomic E-state index is 0.163. The molecule has 45 heavy (non-hydrogen) atoms. The fraction of sp³-hybridized carbons (Fsp3) is 0.483. The number of likely N-dealkylation sites (tertiary alicyclic amines) is 1. The Bertz CT molecular complexity index is 1390. The fourth-order valence-electron chi connectivity index (χ4n) is 5.33. The molecule has 0 aromatic heterocycles. The van der Waals surface area contributed by atoms with Gasteiger partial charge in [0, 0.05) is 18.4 Å². The second kappa shape index (κ2) is 13.1. The topological polar surface area (TPSA) is 114 Å². The highest BCUT2D eigenvalue weighted by Crippen LogP contribution is 2.40. The highest BCUT2D eigenvalue weighted by molar-refractivity contribution is 5.99. The summed E-state index contributed by atoms with van der Waals surface area (Å²) in [5.74, 6) is -13.1. The highest BCUT2D eigenvalue weighted by Gasteiger charge is 2.50. The third-order valence-electron chi connectivity index (χ3n) is 7.73. The number of carbonyl (C=O) groups is 3. The first-order chi connectivity index (χ1) is 20.9. The molecule has 0 radical (unpaired) electrons. The average Bonchev–Trinajstić information content (AvgIpc) is 2.95. The lowest BCUT2D eigenvalue weighted by Crippen LogP contribution is -2.59. The van der Waals surface area contributed by atoms with E-state index in [-0.39, 0.29) is 19.4 Å². The van der Waals surface area contributed by atoms with Gasteiger partial charge in [0.25, 0.3) is 5.92 Å². The van der Waals surface area contributed by atoms with Crippen molar-refractivity contribution in [3.8, 4) is 0 Å². The SMILES string of the molecule is Nc1c(NC(=O)[C@@H](NC(=O)OCc2ccccc2)C2CCC(F)(F)CC2)ccc(C(CC(F)(F)F)C(=O)N2CC(F)(F)C2)c1F. The maximum atomic E-state index is 15.4. The molecule has 2 fully saturated rings. The van der Waals surface area contributed by atoms with Crippen LogP contribution < -0.4 is 16.4 Å². The van der Waals surface area contributed by atoms with Gasteiger partial charge in [-0.1, -0.05) is 36.4 Å². The largest absolute Gasteiger partial charge is 0.445 e. The van der Waals surface area contributed by atoms with Crippen LogP contribution in [-0.4, -0.2) is 60.0 Å². The number of carbonyl (C=O) groups excluding carboxylic acids is 3. The van der Waals surface area contributed by atoms with Gasteiger partial charge in [0.1, 0.15) is 12.6 Å². The zero-order chi connectivity index (χ0) is 33.2. The summed E-state index contributed by atoms with van der Waals surface area (Å²) in [4.78, 5) is 39.1. The molecule has 2 aliphatic rings. The Balaban J connectivity index is 1.53. The Morgan fingerprint density at radius 1 is 0.978 bits per heavy atom. The standard InChI is InChI=1S/C29H30F8N4O4/c30-21-18(19(12-29(35,36)37)25(43)41-14-28(33,34)15-41)6-7-20(22(21)38)39-24(42)23(17-8-10-27(31,32)11-9-17)40-26(44)45-13-16-4-2-1-3-5-16/h1-7,17,19,23H,8-15,38H2,(H,39,42)(H,40,44)/t19?,23-/m0/s1. The van der Waals surface area contributed by atoms with Crippen molar-refractivity contribution in [2.24, 2.45) is 5.92 Å². The Labute approximate surface area is 252 Å². The number of rotatable bonds is 9. The van der Waals surface area contributed by atoms with Crippen molar-refractivity contribution in [2.45, 2.75) is 68.7 Å². The van der Waals surface area contributed by atoms with Crippen molar-refractivity contribution in [2.75, 3.05) is 24.1 Å². The molecule has 1 aliphatic carbocycles. The van der Waals surface area contributed by atoms with Crippen LogP contribution in [0.1, 0.15) is 49.1 Å². The molecule has 2 aromatic carbocycles. The van der Waals surface area contributed by atoms with Gasteiger partial charge < -0.3 is 26.0 Å². The zero-order valence-electron chi connectivity index (χ0n) is 23.6. The van der Waals surface area contributed by atoms with Gasteiger partial charge >= 0.3 is 12.3 Å². The number of alkyl carbamates (subject to hydrolysis) is 1. The molecular weight excluding hydrogens is 620 g/mol. The van der Waals surface area contributed by atoms with Crippen LogP contribution in [0.3, 0.4) is 0 Å².